The monoisotopic (exact) mass is 593 g/mol. The van der Waals surface area contributed by atoms with Crippen molar-refractivity contribution in [2.24, 2.45) is 0 Å². The van der Waals surface area contributed by atoms with Gasteiger partial charge in [-0.05, 0) is 18.6 Å². The molecule has 0 atom stereocenters. The number of nitrogens with one attached hydrogen (secondary N) is 2. The Morgan fingerprint density at radius 2 is 1.62 bits per heavy atom. The van der Waals surface area contributed by atoms with Gasteiger partial charge in [0.15, 0.2) is 21.3 Å². The lowest BCUT2D eigenvalue weighted by atomic mass is 9.92. The maximum Gasteiger partial charge on any atom is 0.225 e. The summed E-state index contributed by atoms with van der Waals surface area (Å²) in [5, 5.41) is 22.6. The van der Waals surface area contributed by atoms with E-state index in [1.54, 1.807) is 12.1 Å². The van der Waals surface area contributed by atoms with Gasteiger partial charge >= 0.3 is 0 Å². The molecule has 0 spiro atoms. The summed E-state index contributed by atoms with van der Waals surface area (Å²) in [6.45, 7) is 8.24. The highest BCUT2D eigenvalue weighted by Crippen LogP contribution is 2.34. The largest absolute Gasteiger partial charge is 0.507 e. The van der Waals surface area contributed by atoms with Gasteiger partial charge in [0.25, 0.3) is 0 Å². The maximum absolute atomic E-state index is 12.4. The summed E-state index contributed by atoms with van der Waals surface area (Å²) >= 11 is 6.49. The van der Waals surface area contributed by atoms with Crippen molar-refractivity contribution >= 4 is 38.7 Å². The predicted octanol–water partition coefficient (Wildman–Crippen LogP) is 7.05. The Kier molecular flexibility index (Phi) is 11.5. The molecule has 3 aromatic rings. The smallest absolute Gasteiger partial charge is 0.225 e. The minimum Gasteiger partial charge on any atom is -0.507 e. The number of nitrogens with zero attached hydrogens (tertiary/aromatic N) is 3. The van der Waals surface area contributed by atoms with E-state index in [1.165, 1.54) is 49.2 Å². The Hall–Kier alpha value is -2.59. The fourth-order valence-electron chi connectivity index (χ4n) is 4.59. The average Bonchev–Trinajstić information content (AvgIpc) is 3.43. The van der Waals surface area contributed by atoms with Crippen LogP contribution >= 0.6 is 11.6 Å². The first kappa shape index (κ1) is 31.9. The number of sulfone groups is 1. The highest BCUT2D eigenvalue weighted by Gasteiger charge is 2.25. The number of aromatic nitrogens is 4. The number of halogens is 1. The SMILES string of the molecule is CCCCCCCCCCCCS(=O)(=O)CCC(=O)Nc1ccc(-c2nn3nc(C(C)(C)C)c(Cl)c3[nH]2)c(O)c1. The first-order valence-electron chi connectivity index (χ1n) is 14.4. The number of carbonyl (C=O) groups is 1. The van der Waals surface area contributed by atoms with Crippen LogP contribution in [0.25, 0.3) is 17.0 Å². The van der Waals surface area contributed by atoms with Gasteiger partial charge in [-0.15, -0.1) is 9.73 Å². The van der Waals surface area contributed by atoms with Crippen molar-refractivity contribution in [3.8, 4) is 17.1 Å². The molecule has 222 valence electrons. The lowest BCUT2D eigenvalue weighted by Gasteiger charge is -2.14. The minimum atomic E-state index is -3.29. The Balaban J connectivity index is 1.44. The molecule has 40 heavy (non-hydrogen) atoms. The molecular formula is C29H44ClN5O4S. The van der Waals surface area contributed by atoms with Crippen LogP contribution in [-0.2, 0) is 20.0 Å². The molecule has 9 nitrogen and oxygen atoms in total. The number of rotatable bonds is 16. The summed E-state index contributed by atoms with van der Waals surface area (Å²) in [5.41, 5.74) is 1.77. The fraction of sp³-hybridized carbons (Fsp3) is 0.621. The van der Waals surface area contributed by atoms with Crippen molar-refractivity contribution in [3.63, 3.8) is 0 Å². The van der Waals surface area contributed by atoms with Crippen molar-refractivity contribution in [2.45, 2.75) is 104 Å². The van der Waals surface area contributed by atoms with Crippen LogP contribution in [0.15, 0.2) is 18.2 Å². The molecule has 0 radical (unpaired) electrons. The van der Waals surface area contributed by atoms with Gasteiger partial charge < -0.3 is 15.4 Å². The van der Waals surface area contributed by atoms with Crippen LogP contribution in [0.3, 0.4) is 0 Å². The Morgan fingerprint density at radius 3 is 2.20 bits per heavy atom. The molecule has 0 bridgehead atoms. The summed E-state index contributed by atoms with van der Waals surface area (Å²) in [6.07, 6.45) is 11.3. The second-order valence-corrected chi connectivity index (χ2v) is 14.3. The topological polar surface area (TPSA) is 129 Å². The molecule has 1 amide bonds. The van der Waals surface area contributed by atoms with Crippen LogP contribution in [0.1, 0.15) is 104 Å². The Bertz CT molecular complexity index is 1370. The van der Waals surface area contributed by atoms with Crippen molar-refractivity contribution in [3.05, 3.63) is 28.9 Å². The number of aromatic hydroxyl groups is 1. The first-order chi connectivity index (χ1) is 18.9. The summed E-state index contributed by atoms with van der Waals surface area (Å²) in [6, 6.07) is 4.64. The molecule has 0 aliphatic carbocycles. The van der Waals surface area contributed by atoms with Gasteiger partial charge in [0.2, 0.25) is 5.91 Å². The molecule has 0 aliphatic heterocycles. The standard InChI is InChI=1S/C29H44ClN5O4S/c1-5-6-7-8-9-10-11-12-13-14-18-40(38,39)19-17-24(37)31-21-15-16-22(23(36)20-21)27-32-28-25(30)26(29(2,3)4)33-35(28)34-27/h15-16,20,36H,5-14,17-19H2,1-4H3,(H,31,37)(H,32,34). The second kappa shape index (κ2) is 14.3. The molecule has 0 fully saturated rings. The third-order valence-corrected chi connectivity index (χ3v) is 9.03. The first-order valence-corrected chi connectivity index (χ1v) is 16.6. The van der Waals surface area contributed by atoms with Gasteiger partial charge in [0, 0.05) is 23.6 Å². The van der Waals surface area contributed by atoms with Gasteiger partial charge in [0.05, 0.1) is 22.8 Å². The Morgan fingerprint density at radius 1 is 1.00 bits per heavy atom. The minimum absolute atomic E-state index is 0.101. The van der Waals surface area contributed by atoms with E-state index in [1.807, 2.05) is 20.8 Å². The predicted molar refractivity (Wildman–Crippen MR) is 162 cm³/mol. The van der Waals surface area contributed by atoms with Crippen LogP contribution in [0.2, 0.25) is 5.02 Å². The summed E-state index contributed by atoms with van der Waals surface area (Å²) in [7, 11) is -3.29. The van der Waals surface area contributed by atoms with Crippen molar-refractivity contribution in [1.29, 1.82) is 0 Å². The van der Waals surface area contributed by atoms with Crippen molar-refractivity contribution in [1.82, 2.24) is 19.8 Å². The van der Waals surface area contributed by atoms with Gasteiger partial charge in [-0.2, -0.15) is 5.10 Å². The number of H-pyrrole nitrogens is 1. The van der Waals surface area contributed by atoms with Crippen LogP contribution in [0, 0.1) is 0 Å². The lowest BCUT2D eigenvalue weighted by Crippen LogP contribution is -2.19. The number of anilines is 1. The van der Waals surface area contributed by atoms with Gasteiger partial charge in [-0.25, -0.2) is 8.42 Å². The zero-order valence-electron chi connectivity index (χ0n) is 24.2. The number of benzene rings is 1. The number of fused-ring (bicyclic) bond motifs is 1. The number of amides is 1. The van der Waals surface area contributed by atoms with Crippen LogP contribution < -0.4 is 5.32 Å². The number of phenolic OH excluding ortho intramolecular Hbond substituents is 1. The number of unbranched alkanes of at least 4 members (excludes halogenated alkanes) is 9. The zero-order chi connectivity index (χ0) is 29.3. The van der Waals surface area contributed by atoms with Crippen molar-refractivity contribution < 1.29 is 18.3 Å². The highest BCUT2D eigenvalue weighted by atomic mass is 35.5. The molecule has 0 saturated heterocycles. The third-order valence-electron chi connectivity index (χ3n) is 6.94. The van der Waals surface area contributed by atoms with Gasteiger partial charge in [0.1, 0.15) is 10.8 Å². The molecule has 3 rings (SSSR count). The van der Waals surface area contributed by atoms with E-state index in [0.717, 1.165) is 19.3 Å². The summed E-state index contributed by atoms with van der Waals surface area (Å²) in [4.78, 5) is 15.5. The van der Waals surface area contributed by atoms with E-state index in [-0.39, 0.29) is 29.1 Å². The number of carbonyl (C=O) groups excluding carboxylic acids is 1. The lowest BCUT2D eigenvalue weighted by molar-refractivity contribution is -0.115. The molecule has 3 N–H and O–H groups in total. The fourth-order valence-corrected chi connectivity index (χ4v) is 6.38. The maximum atomic E-state index is 12.4. The van der Waals surface area contributed by atoms with Gasteiger partial charge in [-0.3, -0.25) is 4.79 Å². The highest BCUT2D eigenvalue weighted by molar-refractivity contribution is 7.91. The normalized spacial score (nSPS) is 12.3. The molecule has 2 aromatic heterocycles. The molecule has 0 aliphatic rings. The molecule has 1 aromatic carbocycles. The second-order valence-electron chi connectivity index (χ2n) is 11.6. The van der Waals surface area contributed by atoms with Gasteiger partial charge in [-0.1, -0.05) is 97.1 Å². The average molecular weight is 594 g/mol. The van der Waals surface area contributed by atoms with E-state index < -0.39 is 15.7 Å². The molecule has 0 saturated carbocycles. The van der Waals surface area contributed by atoms with Crippen molar-refractivity contribution in [2.75, 3.05) is 16.8 Å². The number of aromatic amines is 1. The van der Waals surface area contributed by atoms with Crippen LogP contribution in [0.5, 0.6) is 5.75 Å². The van der Waals surface area contributed by atoms with Crippen LogP contribution in [0.4, 0.5) is 5.69 Å². The number of phenols is 1. The molecule has 11 heteroatoms. The quantitative estimate of drug-likeness (QED) is 0.153. The molecular weight excluding hydrogens is 550 g/mol. The number of hydrogen-bond donors (Lipinski definition) is 3. The summed E-state index contributed by atoms with van der Waals surface area (Å²) in [5.74, 6) is -0.227. The van der Waals surface area contributed by atoms with E-state index in [9.17, 15) is 18.3 Å². The third kappa shape index (κ3) is 9.23. The summed E-state index contributed by atoms with van der Waals surface area (Å²) < 4.78 is 26.2. The Labute approximate surface area is 243 Å². The van der Waals surface area contributed by atoms with E-state index >= 15 is 0 Å². The number of hydrogen-bond acceptors (Lipinski definition) is 6. The van der Waals surface area contributed by atoms with E-state index in [0.29, 0.717) is 39.9 Å². The zero-order valence-corrected chi connectivity index (χ0v) is 25.8. The molecule has 2 heterocycles. The van der Waals surface area contributed by atoms with E-state index in [4.69, 9.17) is 11.6 Å². The van der Waals surface area contributed by atoms with E-state index in [2.05, 4.69) is 27.4 Å². The van der Waals surface area contributed by atoms with Crippen LogP contribution in [-0.4, -0.2) is 50.7 Å². The molecule has 0 unspecified atom stereocenters.